The van der Waals surface area contributed by atoms with Crippen LogP contribution in [-0.4, -0.2) is 13.3 Å². The topological polar surface area (TPSA) is 12.4 Å². The molecule has 0 bridgehead atoms. The van der Waals surface area contributed by atoms with E-state index in [-0.39, 0.29) is 0 Å². The maximum atomic E-state index is 3.96. The minimum Gasteiger partial charge on any atom is -0.297 e. The lowest BCUT2D eigenvalue weighted by Gasteiger charge is -2.12. The SMILES string of the molecule is CCCc1cc(C(C)/C=C\C=N/C)ccc1CC. The Balaban J connectivity index is 2.92. The lowest BCUT2D eigenvalue weighted by Crippen LogP contribution is -1.97. The van der Waals surface area contributed by atoms with Gasteiger partial charge in [0.25, 0.3) is 0 Å². The van der Waals surface area contributed by atoms with E-state index in [9.17, 15) is 0 Å². The molecule has 0 fully saturated rings. The predicted octanol–water partition coefficient (Wildman–Crippen LogP) is 4.56. The van der Waals surface area contributed by atoms with E-state index >= 15 is 0 Å². The van der Waals surface area contributed by atoms with Crippen LogP contribution in [-0.2, 0) is 12.8 Å². The van der Waals surface area contributed by atoms with Gasteiger partial charge in [-0.1, -0.05) is 51.5 Å². The maximum Gasteiger partial charge on any atom is 0.0277 e. The molecule has 0 heterocycles. The van der Waals surface area contributed by atoms with E-state index < -0.39 is 0 Å². The van der Waals surface area contributed by atoms with Crippen molar-refractivity contribution in [3.8, 4) is 0 Å². The minimum atomic E-state index is 0.449. The summed E-state index contributed by atoms with van der Waals surface area (Å²) in [6.07, 6.45) is 9.58. The molecule has 1 atom stereocenters. The summed E-state index contributed by atoms with van der Waals surface area (Å²) in [5, 5.41) is 0. The first-order valence-electron chi connectivity index (χ1n) is 6.93. The van der Waals surface area contributed by atoms with Crippen LogP contribution >= 0.6 is 0 Å². The van der Waals surface area contributed by atoms with E-state index in [1.165, 1.54) is 29.5 Å². The van der Waals surface area contributed by atoms with Crippen molar-refractivity contribution in [3.05, 3.63) is 47.0 Å². The average molecular weight is 243 g/mol. The Kier molecular flexibility index (Phi) is 6.42. The maximum absolute atomic E-state index is 3.96. The minimum absolute atomic E-state index is 0.449. The standard InChI is InChI=1S/C17H25N/c1-5-8-17-13-16(11-10-15(17)6-2)14(3)9-7-12-18-4/h7,9-14H,5-6,8H2,1-4H3/b9-7-,18-12-. The van der Waals surface area contributed by atoms with Gasteiger partial charge in [0.1, 0.15) is 0 Å². The molecule has 1 rings (SSSR count). The summed E-state index contributed by atoms with van der Waals surface area (Å²) < 4.78 is 0. The van der Waals surface area contributed by atoms with E-state index in [1.54, 1.807) is 7.05 Å². The summed E-state index contributed by atoms with van der Waals surface area (Å²) in [4.78, 5) is 3.96. The third-order valence-corrected chi connectivity index (χ3v) is 3.29. The van der Waals surface area contributed by atoms with Gasteiger partial charge in [-0.2, -0.15) is 0 Å². The average Bonchev–Trinajstić information content (AvgIpc) is 2.39. The second-order valence-corrected chi connectivity index (χ2v) is 4.71. The molecule has 0 aliphatic rings. The monoisotopic (exact) mass is 243 g/mol. The zero-order valence-electron chi connectivity index (χ0n) is 12.1. The number of hydrogen-bond acceptors (Lipinski definition) is 1. The van der Waals surface area contributed by atoms with Crippen molar-refractivity contribution in [2.45, 2.75) is 46.0 Å². The number of allylic oxidation sites excluding steroid dienone is 2. The normalized spacial score (nSPS) is 13.6. The van der Waals surface area contributed by atoms with Gasteiger partial charge in [0.05, 0.1) is 0 Å². The van der Waals surface area contributed by atoms with Crippen molar-refractivity contribution in [2.24, 2.45) is 4.99 Å². The smallest absolute Gasteiger partial charge is 0.0277 e. The van der Waals surface area contributed by atoms with Gasteiger partial charge in [-0.05, 0) is 41.5 Å². The van der Waals surface area contributed by atoms with Gasteiger partial charge in [0, 0.05) is 13.3 Å². The first-order chi connectivity index (χ1) is 8.72. The van der Waals surface area contributed by atoms with Crippen LogP contribution in [0.4, 0.5) is 0 Å². The molecule has 1 aromatic carbocycles. The highest BCUT2D eigenvalue weighted by Crippen LogP contribution is 2.22. The molecule has 18 heavy (non-hydrogen) atoms. The van der Waals surface area contributed by atoms with Crippen LogP contribution in [0.5, 0.6) is 0 Å². The van der Waals surface area contributed by atoms with Gasteiger partial charge < -0.3 is 0 Å². The quantitative estimate of drug-likeness (QED) is 0.649. The molecule has 0 radical (unpaired) electrons. The molecule has 1 heteroatoms. The number of aryl methyl sites for hydroxylation is 2. The van der Waals surface area contributed by atoms with Gasteiger partial charge in [0.2, 0.25) is 0 Å². The summed E-state index contributed by atoms with van der Waals surface area (Å²) >= 11 is 0. The third kappa shape index (κ3) is 4.14. The van der Waals surface area contributed by atoms with Crippen molar-refractivity contribution in [3.63, 3.8) is 0 Å². The number of nitrogens with zero attached hydrogens (tertiary/aromatic N) is 1. The molecule has 0 saturated carbocycles. The fourth-order valence-electron chi connectivity index (χ4n) is 2.19. The second kappa shape index (κ2) is 7.86. The van der Waals surface area contributed by atoms with Gasteiger partial charge in [0.15, 0.2) is 0 Å². The molecule has 0 spiro atoms. The van der Waals surface area contributed by atoms with Crippen LogP contribution in [0.2, 0.25) is 0 Å². The van der Waals surface area contributed by atoms with E-state index in [2.05, 4.69) is 50.0 Å². The number of aliphatic imine (C=N–C) groups is 1. The third-order valence-electron chi connectivity index (χ3n) is 3.29. The summed E-state index contributed by atoms with van der Waals surface area (Å²) in [6.45, 7) is 6.71. The van der Waals surface area contributed by atoms with Gasteiger partial charge in [-0.15, -0.1) is 0 Å². The van der Waals surface area contributed by atoms with Crippen LogP contribution in [0.15, 0.2) is 35.3 Å². The van der Waals surface area contributed by atoms with Gasteiger partial charge in [-0.25, -0.2) is 0 Å². The van der Waals surface area contributed by atoms with Crippen LogP contribution in [0.3, 0.4) is 0 Å². The molecule has 1 aromatic rings. The molecule has 0 N–H and O–H groups in total. The van der Waals surface area contributed by atoms with Crippen molar-refractivity contribution in [2.75, 3.05) is 7.05 Å². The molecule has 1 unspecified atom stereocenters. The number of rotatable bonds is 6. The Hall–Kier alpha value is -1.37. The highest BCUT2D eigenvalue weighted by atomic mass is 14.6. The zero-order valence-corrected chi connectivity index (χ0v) is 12.1. The summed E-state index contributed by atoms with van der Waals surface area (Å²) in [5.41, 5.74) is 4.41. The fourth-order valence-corrected chi connectivity index (χ4v) is 2.19. The Morgan fingerprint density at radius 3 is 2.61 bits per heavy atom. The highest BCUT2D eigenvalue weighted by molar-refractivity contribution is 5.71. The largest absolute Gasteiger partial charge is 0.297 e. The molecule has 1 nitrogen and oxygen atoms in total. The summed E-state index contributed by atoms with van der Waals surface area (Å²) in [7, 11) is 1.80. The highest BCUT2D eigenvalue weighted by Gasteiger charge is 2.05. The Morgan fingerprint density at radius 1 is 1.22 bits per heavy atom. The van der Waals surface area contributed by atoms with Gasteiger partial charge >= 0.3 is 0 Å². The zero-order chi connectivity index (χ0) is 13.4. The molecule has 0 amide bonds. The molecular formula is C17H25N. The Bertz CT molecular complexity index is 416. The molecule has 0 aliphatic heterocycles. The second-order valence-electron chi connectivity index (χ2n) is 4.71. The van der Waals surface area contributed by atoms with Crippen LogP contribution in [0.25, 0.3) is 0 Å². The first-order valence-corrected chi connectivity index (χ1v) is 6.93. The molecule has 0 saturated heterocycles. The van der Waals surface area contributed by atoms with Crippen LogP contribution in [0, 0.1) is 0 Å². The predicted molar refractivity (Wildman–Crippen MR) is 81.8 cm³/mol. The summed E-state index contributed by atoms with van der Waals surface area (Å²) in [5.74, 6) is 0.449. The van der Waals surface area contributed by atoms with Crippen molar-refractivity contribution >= 4 is 6.21 Å². The molecular weight excluding hydrogens is 218 g/mol. The lowest BCUT2D eigenvalue weighted by molar-refractivity contribution is 0.884. The first kappa shape index (κ1) is 14.7. The van der Waals surface area contributed by atoms with Gasteiger partial charge in [-0.3, -0.25) is 4.99 Å². The molecule has 0 aromatic heterocycles. The molecule has 0 aliphatic carbocycles. The Labute approximate surface area is 112 Å². The lowest BCUT2D eigenvalue weighted by atomic mass is 9.93. The Morgan fingerprint density at radius 2 is 2.00 bits per heavy atom. The van der Waals surface area contributed by atoms with Crippen LogP contribution < -0.4 is 0 Å². The van der Waals surface area contributed by atoms with E-state index in [1.807, 2.05) is 12.3 Å². The van der Waals surface area contributed by atoms with E-state index in [4.69, 9.17) is 0 Å². The number of hydrogen-bond donors (Lipinski definition) is 0. The van der Waals surface area contributed by atoms with Crippen molar-refractivity contribution in [1.82, 2.24) is 0 Å². The summed E-state index contributed by atoms with van der Waals surface area (Å²) in [6, 6.07) is 6.93. The van der Waals surface area contributed by atoms with Crippen molar-refractivity contribution < 1.29 is 0 Å². The fraction of sp³-hybridized carbons (Fsp3) is 0.471. The molecule has 98 valence electrons. The van der Waals surface area contributed by atoms with Crippen LogP contribution in [0.1, 0.15) is 49.8 Å². The van der Waals surface area contributed by atoms with E-state index in [0.29, 0.717) is 5.92 Å². The van der Waals surface area contributed by atoms with Crippen molar-refractivity contribution in [1.29, 1.82) is 0 Å². The van der Waals surface area contributed by atoms with E-state index in [0.717, 1.165) is 6.42 Å². The number of benzene rings is 1.